The number of carbonyl (C=O) groups is 3. The van der Waals surface area contributed by atoms with Crippen LogP contribution < -0.4 is 0 Å². The van der Waals surface area contributed by atoms with Crippen molar-refractivity contribution in [3.8, 4) is 0 Å². The van der Waals surface area contributed by atoms with E-state index in [0.717, 1.165) is 6.07 Å². The summed E-state index contributed by atoms with van der Waals surface area (Å²) in [5, 5.41) is 24.8. The molecule has 1 aromatic carbocycles. The van der Waals surface area contributed by atoms with Gasteiger partial charge in [-0.3, -0.25) is 0 Å². The number of hydrogen-bond acceptors (Lipinski definition) is 7. The summed E-state index contributed by atoms with van der Waals surface area (Å²) in [6.45, 7) is 0.696. The van der Waals surface area contributed by atoms with Crippen molar-refractivity contribution in [2.75, 3.05) is 26.4 Å². The quantitative estimate of drug-likeness (QED) is 0.383. The van der Waals surface area contributed by atoms with Gasteiger partial charge in [-0.2, -0.15) is 0 Å². The van der Waals surface area contributed by atoms with Crippen LogP contribution in [0, 0.1) is 0 Å². The first-order chi connectivity index (χ1) is 10.0. The van der Waals surface area contributed by atoms with Crippen molar-refractivity contribution in [3.05, 3.63) is 34.9 Å². The zero-order chi connectivity index (χ0) is 15.8. The van der Waals surface area contributed by atoms with Crippen molar-refractivity contribution in [1.29, 1.82) is 0 Å². The number of carbonyl (C=O) groups excluding carboxylic acids is 2. The Morgan fingerprint density at radius 1 is 1.05 bits per heavy atom. The van der Waals surface area contributed by atoms with Gasteiger partial charge in [0, 0.05) is 0 Å². The fourth-order valence-corrected chi connectivity index (χ4v) is 1.45. The molecule has 3 N–H and O–H groups in total. The van der Waals surface area contributed by atoms with Crippen molar-refractivity contribution >= 4 is 17.9 Å². The minimum atomic E-state index is -1.15. The zero-order valence-corrected chi connectivity index (χ0v) is 10.9. The van der Waals surface area contributed by atoms with Crippen LogP contribution >= 0.6 is 0 Å². The van der Waals surface area contributed by atoms with Crippen LogP contribution in [0.3, 0.4) is 0 Å². The van der Waals surface area contributed by atoms with Gasteiger partial charge in [-0.05, 0) is 18.2 Å². The number of hydrogen-bond donors (Lipinski definition) is 3. The molecule has 8 heteroatoms. The average Bonchev–Trinajstić information content (AvgIpc) is 2.75. The third kappa shape index (κ3) is 4.63. The molecule has 0 fully saturated rings. The van der Waals surface area contributed by atoms with E-state index < -0.39 is 17.9 Å². The zero-order valence-electron chi connectivity index (χ0n) is 10.9. The number of esters is 2. The van der Waals surface area contributed by atoms with E-state index in [1.54, 1.807) is 0 Å². The molecule has 0 unspecified atom stereocenters. The minimum absolute atomic E-state index is 0.00917. The van der Waals surface area contributed by atoms with Gasteiger partial charge in [0.15, 0.2) is 0 Å². The summed E-state index contributed by atoms with van der Waals surface area (Å²) >= 11 is 0. The summed E-state index contributed by atoms with van der Waals surface area (Å²) in [7, 11) is 0. The molecule has 1 aromatic rings. The van der Waals surface area contributed by atoms with Crippen molar-refractivity contribution in [2.24, 2.45) is 0 Å². The number of carboxylic acids is 1. The summed E-state index contributed by atoms with van der Waals surface area (Å²) in [5.74, 6) is -2.69. The third-order valence-corrected chi connectivity index (χ3v) is 2.36. The maximum absolute atomic E-state index is 11.0. The van der Waals surface area contributed by atoms with Gasteiger partial charge in [0.2, 0.25) is 0 Å². The molecule has 1 aliphatic rings. The van der Waals surface area contributed by atoms with Gasteiger partial charge in [0.1, 0.15) is 0 Å². The molecular weight excluding hydrogens is 284 g/mol. The summed E-state index contributed by atoms with van der Waals surface area (Å²) in [5.41, 5.74) is 0.0744. The Morgan fingerprint density at radius 3 is 2.14 bits per heavy atom. The van der Waals surface area contributed by atoms with Crippen LogP contribution in [0.5, 0.6) is 0 Å². The van der Waals surface area contributed by atoms with E-state index in [1.165, 1.54) is 12.1 Å². The number of aliphatic hydroxyl groups is 2. The lowest BCUT2D eigenvalue weighted by atomic mass is 10.1. The first-order valence-electron chi connectivity index (χ1n) is 5.94. The van der Waals surface area contributed by atoms with Crippen LogP contribution in [0.2, 0.25) is 0 Å². The molecular formula is C13H14O8. The van der Waals surface area contributed by atoms with Crippen molar-refractivity contribution in [3.63, 3.8) is 0 Å². The van der Waals surface area contributed by atoms with Gasteiger partial charge in [0.05, 0.1) is 43.1 Å². The van der Waals surface area contributed by atoms with Crippen molar-refractivity contribution in [2.45, 2.75) is 0 Å². The molecule has 0 bridgehead atoms. The summed E-state index contributed by atoms with van der Waals surface area (Å²) in [6, 6.07) is 3.65. The average molecular weight is 298 g/mol. The van der Waals surface area contributed by atoms with E-state index in [1.807, 2.05) is 0 Å². The molecule has 1 heterocycles. The van der Waals surface area contributed by atoms with Gasteiger partial charge >= 0.3 is 17.9 Å². The highest BCUT2D eigenvalue weighted by molar-refractivity contribution is 6.15. The lowest BCUT2D eigenvalue weighted by molar-refractivity contribution is 0.0443. The van der Waals surface area contributed by atoms with Gasteiger partial charge in [-0.15, -0.1) is 0 Å². The van der Waals surface area contributed by atoms with E-state index in [4.69, 9.17) is 15.3 Å². The van der Waals surface area contributed by atoms with Crippen molar-refractivity contribution < 1.29 is 39.2 Å². The van der Waals surface area contributed by atoms with E-state index >= 15 is 0 Å². The molecule has 0 spiro atoms. The molecule has 0 radical (unpaired) electrons. The Morgan fingerprint density at radius 2 is 1.62 bits per heavy atom. The van der Waals surface area contributed by atoms with Crippen LogP contribution in [-0.2, 0) is 9.47 Å². The lowest BCUT2D eigenvalue weighted by Gasteiger charge is -1.94. The second-order valence-electron chi connectivity index (χ2n) is 3.80. The second-order valence-corrected chi connectivity index (χ2v) is 3.80. The first kappa shape index (κ1) is 16.8. The molecule has 8 nitrogen and oxygen atoms in total. The molecule has 0 atom stereocenters. The van der Waals surface area contributed by atoms with Crippen molar-refractivity contribution in [1.82, 2.24) is 0 Å². The van der Waals surface area contributed by atoms with Gasteiger partial charge < -0.3 is 24.8 Å². The summed E-state index contributed by atoms with van der Waals surface area (Å²) < 4.78 is 8.93. The Balaban J connectivity index is 0.000000270. The largest absolute Gasteiger partial charge is 0.478 e. The van der Waals surface area contributed by atoms with Gasteiger partial charge in [-0.1, -0.05) is 0 Å². The normalized spacial score (nSPS) is 12.3. The van der Waals surface area contributed by atoms with E-state index in [2.05, 4.69) is 9.47 Å². The molecule has 0 amide bonds. The molecule has 0 saturated heterocycles. The Bertz CT molecular complexity index is 533. The first-order valence-corrected chi connectivity index (χ1v) is 5.94. The van der Waals surface area contributed by atoms with Crippen LogP contribution in [0.4, 0.5) is 0 Å². The number of rotatable bonds is 5. The highest BCUT2D eigenvalue weighted by atomic mass is 16.6. The third-order valence-electron chi connectivity index (χ3n) is 2.36. The molecule has 21 heavy (non-hydrogen) atoms. The van der Waals surface area contributed by atoms with Crippen LogP contribution in [0.25, 0.3) is 0 Å². The molecule has 0 saturated carbocycles. The maximum atomic E-state index is 11.0. The number of ether oxygens (including phenoxy) is 2. The molecule has 0 aliphatic carbocycles. The smallest absolute Gasteiger partial charge is 0.346 e. The van der Waals surface area contributed by atoms with Gasteiger partial charge in [0.25, 0.3) is 0 Å². The highest BCUT2D eigenvalue weighted by Crippen LogP contribution is 2.20. The fraction of sp³-hybridized carbons (Fsp3) is 0.308. The van der Waals surface area contributed by atoms with Gasteiger partial charge in [-0.25, -0.2) is 14.4 Å². The highest BCUT2D eigenvalue weighted by Gasteiger charge is 2.30. The van der Waals surface area contributed by atoms with Crippen LogP contribution in [0.1, 0.15) is 31.1 Å². The summed E-state index contributed by atoms with van der Waals surface area (Å²) in [4.78, 5) is 32.5. The monoisotopic (exact) mass is 298 g/mol. The fourth-order valence-electron chi connectivity index (χ4n) is 1.45. The van der Waals surface area contributed by atoms with E-state index in [-0.39, 0.29) is 29.9 Å². The number of cyclic esters (lactones) is 2. The Kier molecular flexibility index (Phi) is 6.47. The summed E-state index contributed by atoms with van der Waals surface area (Å²) in [6.07, 6.45) is 0. The number of aromatic carboxylic acids is 1. The van der Waals surface area contributed by atoms with E-state index in [9.17, 15) is 14.4 Å². The number of benzene rings is 1. The SMILES string of the molecule is O=C(O)c1ccc2c(c1)C(=O)OC2=O.OCCOCCO. The van der Waals surface area contributed by atoms with Crippen LogP contribution in [0.15, 0.2) is 18.2 Å². The van der Waals surface area contributed by atoms with E-state index in [0.29, 0.717) is 13.2 Å². The predicted molar refractivity (Wildman–Crippen MR) is 68.1 cm³/mol. The maximum Gasteiger partial charge on any atom is 0.346 e. The molecule has 1 aliphatic heterocycles. The topological polar surface area (TPSA) is 130 Å². The predicted octanol–water partition coefficient (Wildman–Crippen LogP) is -0.317. The Labute approximate surface area is 119 Å². The standard InChI is InChI=1S/C9H4O5.C4H10O3/c10-7(11)4-1-2-5-6(3-4)9(13)14-8(5)12;5-1-3-7-4-2-6/h1-3H,(H,10,11);5-6H,1-4H2. The number of carboxylic acid groups (broad SMARTS) is 1. The molecule has 0 aromatic heterocycles. The van der Waals surface area contributed by atoms with Crippen LogP contribution in [-0.4, -0.2) is 59.7 Å². The lowest BCUT2D eigenvalue weighted by Crippen LogP contribution is -2.03. The number of fused-ring (bicyclic) bond motifs is 1. The second kappa shape index (κ2) is 8.10. The minimum Gasteiger partial charge on any atom is -0.478 e. The molecule has 2 rings (SSSR count). The Hall–Kier alpha value is -2.29. The molecule has 114 valence electrons. The number of aliphatic hydroxyl groups excluding tert-OH is 2.